The van der Waals surface area contributed by atoms with Gasteiger partial charge in [0.15, 0.2) is 0 Å². The molecule has 0 aromatic carbocycles. The van der Waals surface area contributed by atoms with Gasteiger partial charge in [-0.25, -0.2) is 0 Å². The highest BCUT2D eigenvalue weighted by Gasteiger charge is 2.15. The Bertz CT molecular complexity index is 324. The van der Waals surface area contributed by atoms with Crippen molar-refractivity contribution in [2.75, 3.05) is 13.7 Å². The average molecular weight is 237 g/mol. The lowest BCUT2D eigenvalue weighted by atomic mass is 10.1. The number of hydrogen-bond acceptors (Lipinski definition) is 4. The van der Waals surface area contributed by atoms with Gasteiger partial charge in [-0.1, -0.05) is 13.3 Å². The van der Waals surface area contributed by atoms with Crippen molar-refractivity contribution >= 4 is 0 Å². The van der Waals surface area contributed by atoms with Crippen molar-refractivity contribution in [3.05, 3.63) is 23.8 Å². The normalized spacial score (nSPS) is 14.6. The fourth-order valence-electron chi connectivity index (χ4n) is 2.04. The van der Waals surface area contributed by atoms with Crippen LogP contribution in [0.1, 0.15) is 44.1 Å². The van der Waals surface area contributed by atoms with E-state index in [0.717, 1.165) is 30.8 Å². The van der Waals surface area contributed by atoms with Crippen LogP contribution in [-0.4, -0.2) is 29.7 Å². The number of hydrogen-bond donors (Lipinski definition) is 1. The van der Waals surface area contributed by atoms with Gasteiger partial charge in [-0.2, -0.15) is 0 Å². The number of aromatic nitrogens is 2. The topological polar surface area (TPSA) is 47.0 Å². The van der Waals surface area contributed by atoms with Gasteiger partial charge in [0.2, 0.25) is 0 Å². The summed E-state index contributed by atoms with van der Waals surface area (Å²) in [5.74, 6) is 0. The summed E-state index contributed by atoms with van der Waals surface area (Å²) < 4.78 is 5.22. The lowest BCUT2D eigenvalue weighted by Crippen LogP contribution is -2.35. The fourth-order valence-corrected chi connectivity index (χ4v) is 2.04. The van der Waals surface area contributed by atoms with E-state index in [2.05, 4.69) is 29.1 Å². The molecule has 1 N–H and O–H groups in total. The molecule has 1 aromatic heterocycles. The van der Waals surface area contributed by atoms with Gasteiger partial charge in [-0.05, 0) is 20.3 Å². The summed E-state index contributed by atoms with van der Waals surface area (Å²) >= 11 is 0. The van der Waals surface area contributed by atoms with Crippen molar-refractivity contribution in [2.45, 2.75) is 45.7 Å². The van der Waals surface area contributed by atoms with Crippen molar-refractivity contribution < 1.29 is 4.74 Å². The van der Waals surface area contributed by atoms with Crippen molar-refractivity contribution in [1.29, 1.82) is 0 Å². The standard InChI is InChI=1S/C13H23N3O/c1-5-6-12(9-17-4)16-11(3)13-10(2)14-7-8-15-13/h7-8,11-12,16H,5-6,9H2,1-4H3. The minimum Gasteiger partial charge on any atom is -0.383 e. The fraction of sp³-hybridized carbons (Fsp3) is 0.692. The summed E-state index contributed by atoms with van der Waals surface area (Å²) in [4.78, 5) is 8.65. The lowest BCUT2D eigenvalue weighted by Gasteiger charge is -2.22. The second-order valence-electron chi connectivity index (χ2n) is 4.36. The molecule has 0 aliphatic carbocycles. The van der Waals surface area contributed by atoms with E-state index in [1.165, 1.54) is 0 Å². The molecule has 17 heavy (non-hydrogen) atoms. The van der Waals surface area contributed by atoms with Crippen LogP contribution >= 0.6 is 0 Å². The molecule has 4 nitrogen and oxygen atoms in total. The molecule has 1 heterocycles. The molecule has 2 unspecified atom stereocenters. The molecule has 0 spiro atoms. The predicted molar refractivity (Wildman–Crippen MR) is 68.9 cm³/mol. The highest BCUT2D eigenvalue weighted by molar-refractivity contribution is 5.12. The SMILES string of the molecule is CCCC(COC)NC(C)c1nccnc1C. The van der Waals surface area contributed by atoms with Gasteiger partial charge in [0.25, 0.3) is 0 Å². The van der Waals surface area contributed by atoms with Crippen LogP contribution in [-0.2, 0) is 4.74 Å². The Kier molecular flexibility index (Phi) is 6.08. The summed E-state index contributed by atoms with van der Waals surface area (Å²) in [6, 6.07) is 0.580. The average Bonchev–Trinajstić information content (AvgIpc) is 2.30. The molecule has 0 radical (unpaired) electrons. The van der Waals surface area contributed by atoms with Crippen molar-refractivity contribution in [3.63, 3.8) is 0 Å². The number of rotatable bonds is 7. The summed E-state index contributed by atoms with van der Waals surface area (Å²) in [6.07, 6.45) is 5.72. The summed E-state index contributed by atoms with van der Waals surface area (Å²) in [5, 5.41) is 3.55. The van der Waals surface area contributed by atoms with Gasteiger partial charge in [-0.15, -0.1) is 0 Å². The van der Waals surface area contributed by atoms with Gasteiger partial charge in [0, 0.05) is 31.6 Å². The van der Waals surface area contributed by atoms with Crippen LogP contribution in [0.15, 0.2) is 12.4 Å². The Morgan fingerprint density at radius 3 is 2.65 bits per heavy atom. The molecule has 1 rings (SSSR count). The lowest BCUT2D eigenvalue weighted by molar-refractivity contribution is 0.156. The van der Waals surface area contributed by atoms with Gasteiger partial charge in [-0.3, -0.25) is 9.97 Å². The molecule has 0 fully saturated rings. The zero-order valence-corrected chi connectivity index (χ0v) is 11.2. The molecule has 2 atom stereocenters. The van der Waals surface area contributed by atoms with E-state index in [9.17, 15) is 0 Å². The minimum absolute atomic E-state index is 0.204. The second kappa shape index (κ2) is 7.35. The Balaban J connectivity index is 2.63. The van der Waals surface area contributed by atoms with Gasteiger partial charge in [0.1, 0.15) is 0 Å². The number of nitrogens with one attached hydrogen (secondary N) is 1. The van der Waals surface area contributed by atoms with Crippen molar-refractivity contribution in [2.24, 2.45) is 0 Å². The quantitative estimate of drug-likeness (QED) is 0.790. The van der Waals surface area contributed by atoms with Crippen LogP contribution < -0.4 is 5.32 Å². The molecular formula is C13H23N3O. The number of methoxy groups -OCH3 is 1. The molecule has 0 aliphatic heterocycles. The first-order valence-corrected chi connectivity index (χ1v) is 6.21. The van der Waals surface area contributed by atoms with E-state index >= 15 is 0 Å². The monoisotopic (exact) mass is 237 g/mol. The molecule has 0 saturated heterocycles. The molecule has 96 valence electrons. The number of aryl methyl sites for hydroxylation is 1. The smallest absolute Gasteiger partial charge is 0.0782 e. The molecule has 0 amide bonds. The zero-order chi connectivity index (χ0) is 12.7. The first-order valence-electron chi connectivity index (χ1n) is 6.21. The highest BCUT2D eigenvalue weighted by atomic mass is 16.5. The van der Waals surface area contributed by atoms with Crippen molar-refractivity contribution in [1.82, 2.24) is 15.3 Å². The van der Waals surface area contributed by atoms with Crippen LogP contribution in [0.5, 0.6) is 0 Å². The second-order valence-corrected chi connectivity index (χ2v) is 4.36. The first kappa shape index (κ1) is 14.1. The summed E-state index contributed by atoms with van der Waals surface area (Å²) in [7, 11) is 1.74. The molecule has 0 bridgehead atoms. The van der Waals surface area contributed by atoms with E-state index in [1.54, 1.807) is 19.5 Å². The maximum Gasteiger partial charge on any atom is 0.0782 e. The maximum absolute atomic E-state index is 5.22. The van der Waals surface area contributed by atoms with E-state index in [0.29, 0.717) is 6.04 Å². The Hall–Kier alpha value is -1.00. The van der Waals surface area contributed by atoms with Crippen LogP contribution in [0.3, 0.4) is 0 Å². The molecular weight excluding hydrogens is 214 g/mol. The molecule has 1 aromatic rings. The first-order chi connectivity index (χ1) is 8.19. The van der Waals surface area contributed by atoms with E-state index in [4.69, 9.17) is 4.74 Å². The van der Waals surface area contributed by atoms with E-state index in [-0.39, 0.29) is 6.04 Å². The van der Waals surface area contributed by atoms with Gasteiger partial charge in [0.05, 0.1) is 18.0 Å². The summed E-state index contributed by atoms with van der Waals surface area (Å²) in [5.41, 5.74) is 2.00. The largest absolute Gasteiger partial charge is 0.383 e. The third-order valence-corrected chi connectivity index (χ3v) is 2.82. The minimum atomic E-state index is 0.204. The Labute approximate surface area is 104 Å². The van der Waals surface area contributed by atoms with Crippen LogP contribution in [0.25, 0.3) is 0 Å². The zero-order valence-electron chi connectivity index (χ0n) is 11.2. The Morgan fingerprint density at radius 1 is 1.35 bits per heavy atom. The summed E-state index contributed by atoms with van der Waals surface area (Å²) in [6.45, 7) is 7.03. The van der Waals surface area contributed by atoms with Gasteiger partial charge >= 0.3 is 0 Å². The third kappa shape index (κ3) is 4.40. The van der Waals surface area contributed by atoms with Crippen LogP contribution in [0.2, 0.25) is 0 Å². The van der Waals surface area contributed by atoms with E-state index in [1.807, 2.05) is 6.92 Å². The Morgan fingerprint density at radius 2 is 2.06 bits per heavy atom. The number of ether oxygens (including phenoxy) is 1. The highest BCUT2D eigenvalue weighted by Crippen LogP contribution is 2.13. The maximum atomic E-state index is 5.22. The third-order valence-electron chi connectivity index (χ3n) is 2.82. The predicted octanol–water partition coefficient (Wildman–Crippen LogP) is 2.25. The van der Waals surface area contributed by atoms with E-state index < -0.39 is 0 Å². The van der Waals surface area contributed by atoms with Crippen molar-refractivity contribution in [3.8, 4) is 0 Å². The van der Waals surface area contributed by atoms with Crippen LogP contribution in [0, 0.1) is 6.92 Å². The number of nitrogens with zero attached hydrogens (tertiary/aromatic N) is 2. The van der Waals surface area contributed by atoms with Crippen LogP contribution in [0.4, 0.5) is 0 Å². The van der Waals surface area contributed by atoms with Gasteiger partial charge < -0.3 is 10.1 Å². The molecule has 0 saturated carbocycles. The molecule has 4 heteroatoms. The molecule has 0 aliphatic rings.